The van der Waals surface area contributed by atoms with E-state index < -0.39 is 0 Å². The third kappa shape index (κ3) is 8.32. The van der Waals surface area contributed by atoms with Crippen LogP contribution in [0, 0.1) is 0 Å². The SMILES string of the molecule is c1ccc(-c2cc(-c3ccccc3)cc(-c3cc(-c4ccc(-c5ccc6ccccc6c5)cc4)c4ccc5c(-c6ccc(-c7ccc8ccccc8c7)cc6)cc(-c6ccc(-c7ccc8ccccc8c7)cc6)c6ccc3c4c56)c2)cc1. The van der Waals surface area contributed by atoms with Crippen LogP contribution in [0.4, 0.5) is 0 Å². The van der Waals surface area contributed by atoms with E-state index >= 15 is 0 Å². The van der Waals surface area contributed by atoms with Crippen molar-refractivity contribution in [2.24, 2.45) is 0 Å². The molecule has 0 bridgehead atoms. The van der Waals surface area contributed by atoms with Gasteiger partial charge in [0.1, 0.15) is 0 Å². The van der Waals surface area contributed by atoms with Crippen molar-refractivity contribution in [2.45, 2.75) is 0 Å². The molecule has 0 saturated heterocycles. The maximum absolute atomic E-state index is 2.48. The summed E-state index contributed by atoms with van der Waals surface area (Å²) in [6, 6.07) is 117. The fourth-order valence-electron chi connectivity index (χ4n) is 13.0. The van der Waals surface area contributed by atoms with Crippen LogP contribution < -0.4 is 0 Å². The second kappa shape index (κ2) is 19.6. The predicted octanol–water partition coefficient (Wildman–Crippen LogP) is 23.0. The number of rotatable bonds is 9. The minimum Gasteiger partial charge on any atom is -0.0622 e. The summed E-state index contributed by atoms with van der Waals surface area (Å²) in [5, 5.41) is 15.0. The topological polar surface area (TPSA) is 0 Å². The van der Waals surface area contributed by atoms with E-state index in [4.69, 9.17) is 0 Å². The third-order valence-corrected chi connectivity index (χ3v) is 17.2. The van der Waals surface area contributed by atoms with Crippen LogP contribution in [-0.4, -0.2) is 0 Å². The summed E-state index contributed by atoms with van der Waals surface area (Å²) in [4.78, 5) is 0. The van der Waals surface area contributed by atoms with E-state index in [0.29, 0.717) is 0 Å². The van der Waals surface area contributed by atoms with E-state index in [9.17, 15) is 0 Å². The molecule has 0 amide bonds. The van der Waals surface area contributed by atoms with Crippen LogP contribution in [0.15, 0.2) is 315 Å². The van der Waals surface area contributed by atoms with Gasteiger partial charge in [-0.15, -0.1) is 0 Å². The molecule has 0 atom stereocenters. The van der Waals surface area contributed by atoms with E-state index in [1.165, 1.54) is 165 Å². The Hall–Kier alpha value is -10.7. The Bertz CT molecular complexity index is 4890. The van der Waals surface area contributed by atoms with E-state index in [2.05, 4.69) is 315 Å². The molecule has 0 unspecified atom stereocenters. The van der Waals surface area contributed by atoms with Gasteiger partial charge in [-0.3, -0.25) is 0 Å². The summed E-state index contributed by atoms with van der Waals surface area (Å²) in [5.74, 6) is 0. The lowest BCUT2D eigenvalue weighted by Crippen LogP contribution is -1.95. The molecule has 16 rings (SSSR count). The smallest absolute Gasteiger partial charge is 0.00139 e. The van der Waals surface area contributed by atoms with Gasteiger partial charge in [0.25, 0.3) is 0 Å². The van der Waals surface area contributed by atoms with E-state index in [-0.39, 0.29) is 0 Å². The van der Waals surface area contributed by atoms with E-state index in [1.807, 2.05) is 0 Å². The predicted molar refractivity (Wildman–Crippen MR) is 352 cm³/mol. The first-order valence-corrected chi connectivity index (χ1v) is 28.4. The zero-order valence-corrected chi connectivity index (χ0v) is 45.0. The molecule has 0 fully saturated rings. The molecule has 0 spiro atoms. The first-order chi connectivity index (χ1) is 40.6. The van der Waals surface area contributed by atoms with Gasteiger partial charge in [-0.1, -0.05) is 267 Å². The fourth-order valence-corrected chi connectivity index (χ4v) is 13.0. The average molecular weight is 1040 g/mol. The van der Waals surface area contributed by atoms with Gasteiger partial charge >= 0.3 is 0 Å². The van der Waals surface area contributed by atoms with Crippen molar-refractivity contribution in [3.8, 4) is 100 Å². The number of fused-ring (bicyclic) bond motifs is 3. The Kier molecular flexibility index (Phi) is 11.3. The fraction of sp³-hybridized carbons (Fsp3) is 0. The van der Waals surface area contributed by atoms with Crippen molar-refractivity contribution in [2.75, 3.05) is 0 Å². The highest BCUT2D eigenvalue weighted by Crippen LogP contribution is 2.50. The maximum atomic E-state index is 2.48. The molecule has 0 radical (unpaired) electrons. The molecule has 0 heteroatoms. The lowest BCUT2D eigenvalue weighted by Gasteiger charge is -2.22. The second-order valence-electron chi connectivity index (χ2n) is 22.0. The molecule has 0 N–H and O–H groups in total. The monoisotopic (exact) mass is 1040 g/mol. The summed E-state index contributed by atoms with van der Waals surface area (Å²) in [6.07, 6.45) is 0. The summed E-state index contributed by atoms with van der Waals surface area (Å²) >= 11 is 0. The Labute approximate surface area is 477 Å². The second-order valence-corrected chi connectivity index (χ2v) is 22.0. The number of benzene rings is 16. The molecule has 16 aromatic carbocycles. The molecular formula is C82H52. The van der Waals surface area contributed by atoms with Crippen molar-refractivity contribution in [1.82, 2.24) is 0 Å². The van der Waals surface area contributed by atoms with Crippen LogP contribution in [0.5, 0.6) is 0 Å². The minimum absolute atomic E-state index is 1.18. The van der Waals surface area contributed by atoms with Gasteiger partial charge in [-0.05, 0) is 213 Å². The average Bonchev–Trinajstić information content (AvgIpc) is 3.14. The van der Waals surface area contributed by atoms with Gasteiger partial charge in [0.2, 0.25) is 0 Å². The highest BCUT2D eigenvalue weighted by molar-refractivity contribution is 6.32. The van der Waals surface area contributed by atoms with Gasteiger partial charge in [-0.2, -0.15) is 0 Å². The van der Waals surface area contributed by atoms with Crippen LogP contribution >= 0.6 is 0 Å². The largest absolute Gasteiger partial charge is 0.0622 e. The first kappa shape index (κ1) is 47.3. The molecular weight excluding hydrogens is 985 g/mol. The molecule has 16 aromatic rings. The van der Waals surface area contributed by atoms with Gasteiger partial charge in [-0.25, -0.2) is 0 Å². The van der Waals surface area contributed by atoms with Crippen LogP contribution in [-0.2, 0) is 0 Å². The van der Waals surface area contributed by atoms with E-state index in [0.717, 1.165) is 0 Å². The Morgan fingerprint density at radius 3 is 0.695 bits per heavy atom. The lowest BCUT2D eigenvalue weighted by molar-refractivity contribution is 1.57. The van der Waals surface area contributed by atoms with Gasteiger partial charge in [0, 0.05) is 0 Å². The Morgan fingerprint density at radius 2 is 0.366 bits per heavy atom. The van der Waals surface area contributed by atoms with Crippen molar-refractivity contribution >= 4 is 64.6 Å². The zero-order chi connectivity index (χ0) is 54.1. The van der Waals surface area contributed by atoms with Crippen LogP contribution in [0.3, 0.4) is 0 Å². The van der Waals surface area contributed by atoms with Crippen LogP contribution in [0.1, 0.15) is 0 Å². The zero-order valence-electron chi connectivity index (χ0n) is 45.0. The first-order valence-electron chi connectivity index (χ1n) is 28.4. The van der Waals surface area contributed by atoms with Gasteiger partial charge in [0.15, 0.2) is 0 Å². The molecule has 0 aliphatic heterocycles. The molecule has 0 aliphatic carbocycles. The standard InChI is InChI=1S/C82H52/c1-3-13-53(14-4-1)70-48-71(54-15-5-2-6-16-54)50-72(49-70)80-52-79(63-36-27-60(28-37-63)69-40-31-57-19-9-12-22-66(57)47-69)75-42-41-73-77(61-32-23-58(24-33-61)67-38-29-55-17-7-10-20-64(55)45-67)51-78(74-43-44-76(80)82(75)81(73)74)62-34-25-59(26-35-62)68-39-30-56-18-8-11-21-65(56)46-68/h1-52H. The lowest BCUT2D eigenvalue weighted by atomic mass is 9.81. The van der Waals surface area contributed by atoms with Crippen molar-refractivity contribution in [3.05, 3.63) is 315 Å². The van der Waals surface area contributed by atoms with Crippen LogP contribution in [0.25, 0.3) is 165 Å². The normalized spacial score (nSPS) is 11.7. The third-order valence-electron chi connectivity index (χ3n) is 17.2. The van der Waals surface area contributed by atoms with Gasteiger partial charge in [0.05, 0.1) is 0 Å². The van der Waals surface area contributed by atoms with Crippen LogP contribution in [0.2, 0.25) is 0 Å². The van der Waals surface area contributed by atoms with E-state index in [1.54, 1.807) is 0 Å². The quantitative estimate of drug-likeness (QED) is 0.126. The summed E-state index contributed by atoms with van der Waals surface area (Å²) in [5.41, 5.74) is 21.6. The van der Waals surface area contributed by atoms with Gasteiger partial charge < -0.3 is 0 Å². The van der Waals surface area contributed by atoms with Crippen molar-refractivity contribution in [1.29, 1.82) is 0 Å². The molecule has 82 heavy (non-hydrogen) atoms. The summed E-state index contributed by atoms with van der Waals surface area (Å²) < 4.78 is 0. The summed E-state index contributed by atoms with van der Waals surface area (Å²) in [7, 11) is 0. The van der Waals surface area contributed by atoms with Crippen molar-refractivity contribution < 1.29 is 0 Å². The van der Waals surface area contributed by atoms with Crippen molar-refractivity contribution in [3.63, 3.8) is 0 Å². The minimum atomic E-state index is 1.18. The Balaban J connectivity index is 0.942. The molecule has 0 heterocycles. The summed E-state index contributed by atoms with van der Waals surface area (Å²) in [6.45, 7) is 0. The highest BCUT2D eigenvalue weighted by Gasteiger charge is 2.22. The molecule has 0 aromatic heterocycles. The molecule has 0 saturated carbocycles. The number of hydrogen-bond acceptors (Lipinski definition) is 0. The Morgan fingerprint density at radius 1 is 0.122 bits per heavy atom. The molecule has 380 valence electrons. The highest BCUT2D eigenvalue weighted by atomic mass is 14.3. The molecule has 0 aliphatic rings. The number of hydrogen-bond donors (Lipinski definition) is 0. The molecule has 0 nitrogen and oxygen atoms in total. The maximum Gasteiger partial charge on any atom is -0.00139 e.